The predicted octanol–water partition coefficient (Wildman–Crippen LogP) is -0.699. The summed E-state index contributed by atoms with van der Waals surface area (Å²) in [5.74, 6) is -2.94. The summed E-state index contributed by atoms with van der Waals surface area (Å²) in [4.78, 5) is 40.6. The third-order valence-electron chi connectivity index (χ3n) is 3.12. The van der Waals surface area contributed by atoms with Gasteiger partial charge in [0, 0.05) is 0 Å². The molecule has 17 heavy (non-hydrogen) atoms. The molecule has 2 fully saturated rings. The highest BCUT2D eigenvalue weighted by Gasteiger charge is 2.61. The largest absolute Gasteiger partial charge is 0.491 e. The molecule has 1 aliphatic heterocycles. The maximum absolute atomic E-state index is 11.7. The highest BCUT2D eigenvalue weighted by atomic mass is 31.2. The summed E-state index contributed by atoms with van der Waals surface area (Å²) in [7, 11) is -5.00. The highest BCUT2D eigenvalue weighted by molar-refractivity contribution is 7.46. The zero-order chi connectivity index (χ0) is 12.8. The van der Waals surface area contributed by atoms with Crippen LogP contribution in [0.15, 0.2) is 0 Å². The average molecular weight is 265 g/mol. The Bertz CT molecular complexity index is 418. The quantitative estimate of drug-likeness (QED) is 0.445. The summed E-state index contributed by atoms with van der Waals surface area (Å²) in [5.41, 5.74) is -1.87. The predicted molar refractivity (Wildman–Crippen MR) is 51.9 cm³/mol. The van der Waals surface area contributed by atoms with E-state index in [-0.39, 0.29) is 11.5 Å². The first-order valence-corrected chi connectivity index (χ1v) is 6.65. The number of fused-ring (bicyclic) bond motifs is 1. The van der Waals surface area contributed by atoms with E-state index >= 15 is 0 Å². The van der Waals surface area contributed by atoms with Gasteiger partial charge < -0.3 is 14.9 Å². The summed E-state index contributed by atoms with van der Waals surface area (Å²) >= 11 is 0. The Morgan fingerprint density at radius 1 is 1.35 bits per heavy atom. The van der Waals surface area contributed by atoms with E-state index in [0.717, 1.165) is 0 Å². The second-order valence-corrected chi connectivity index (χ2v) is 5.38. The molecule has 0 aromatic rings. The second kappa shape index (κ2) is 3.86. The van der Waals surface area contributed by atoms with Gasteiger partial charge in [-0.05, 0) is 19.3 Å². The smallest absolute Gasteiger partial charge is 0.379 e. The Kier molecular flexibility index (Phi) is 2.87. The standard InChI is InChI=1S/C8H12NO7P/c10-6-5-3-1-2-4-8(5,12)7(11)9(6)16-17(13,14)15/h5,12H,1-4H2,(H2,13,14,15). The molecule has 0 spiro atoms. The molecule has 2 rings (SSSR count). The number of aliphatic hydroxyl groups is 1. The van der Waals surface area contributed by atoms with Crippen molar-refractivity contribution in [2.45, 2.75) is 31.3 Å². The summed E-state index contributed by atoms with van der Waals surface area (Å²) in [6.07, 6.45) is 1.66. The Labute approximate surface area is 96.4 Å². The van der Waals surface area contributed by atoms with Crippen LogP contribution in [-0.4, -0.2) is 37.4 Å². The normalized spacial score (nSPS) is 34.1. The Morgan fingerprint density at radius 3 is 2.53 bits per heavy atom. The van der Waals surface area contributed by atoms with Crippen LogP contribution in [0.2, 0.25) is 0 Å². The lowest BCUT2D eigenvalue weighted by Crippen LogP contribution is -2.44. The molecule has 0 aromatic heterocycles. The van der Waals surface area contributed by atoms with Gasteiger partial charge in [-0.2, -0.15) is 4.62 Å². The molecule has 2 amide bonds. The molecule has 96 valence electrons. The van der Waals surface area contributed by atoms with Crippen molar-refractivity contribution in [3.8, 4) is 0 Å². The Hall–Kier alpha value is -0.790. The van der Waals surface area contributed by atoms with Crippen molar-refractivity contribution >= 4 is 19.6 Å². The van der Waals surface area contributed by atoms with Gasteiger partial charge >= 0.3 is 7.82 Å². The van der Waals surface area contributed by atoms with Gasteiger partial charge in [-0.25, -0.2) is 4.57 Å². The van der Waals surface area contributed by atoms with Crippen molar-refractivity contribution in [3.05, 3.63) is 0 Å². The van der Waals surface area contributed by atoms with Crippen LogP contribution in [0.5, 0.6) is 0 Å². The van der Waals surface area contributed by atoms with Gasteiger partial charge in [0.05, 0.1) is 5.92 Å². The van der Waals surface area contributed by atoms with Gasteiger partial charge in [-0.3, -0.25) is 9.59 Å². The van der Waals surface area contributed by atoms with Gasteiger partial charge in [0.1, 0.15) is 0 Å². The van der Waals surface area contributed by atoms with E-state index in [4.69, 9.17) is 9.79 Å². The minimum Gasteiger partial charge on any atom is -0.379 e. The lowest BCUT2D eigenvalue weighted by Gasteiger charge is -2.29. The molecule has 2 atom stereocenters. The number of nitrogens with zero attached hydrogens (tertiary/aromatic N) is 1. The van der Waals surface area contributed by atoms with Gasteiger partial charge in [0.25, 0.3) is 11.8 Å². The van der Waals surface area contributed by atoms with Crippen LogP contribution in [-0.2, 0) is 18.8 Å². The molecule has 1 saturated heterocycles. The molecule has 2 aliphatic rings. The van der Waals surface area contributed by atoms with E-state index in [9.17, 15) is 19.3 Å². The minimum atomic E-state index is -5.00. The van der Waals surface area contributed by atoms with Gasteiger partial charge in [0.15, 0.2) is 5.60 Å². The average Bonchev–Trinajstić information content (AvgIpc) is 2.39. The summed E-state index contributed by atoms with van der Waals surface area (Å²) in [6.45, 7) is 0. The first-order chi connectivity index (χ1) is 7.76. The summed E-state index contributed by atoms with van der Waals surface area (Å²) < 4.78 is 14.7. The van der Waals surface area contributed by atoms with Crippen LogP contribution in [0.25, 0.3) is 0 Å². The fourth-order valence-electron chi connectivity index (χ4n) is 2.34. The fourth-order valence-corrected chi connectivity index (χ4v) is 2.71. The number of amides is 2. The second-order valence-electron chi connectivity index (χ2n) is 4.23. The van der Waals surface area contributed by atoms with Crippen LogP contribution in [0.4, 0.5) is 0 Å². The minimum absolute atomic E-state index is 0.0107. The van der Waals surface area contributed by atoms with Gasteiger partial charge in [-0.15, -0.1) is 5.06 Å². The molecule has 3 N–H and O–H groups in total. The number of hydrogen-bond donors (Lipinski definition) is 3. The lowest BCUT2D eigenvalue weighted by atomic mass is 9.77. The van der Waals surface area contributed by atoms with Crippen LogP contribution < -0.4 is 0 Å². The number of hydrogen-bond acceptors (Lipinski definition) is 5. The maximum atomic E-state index is 11.7. The molecular weight excluding hydrogens is 253 g/mol. The molecule has 0 aromatic carbocycles. The zero-order valence-electron chi connectivity index (χ0n) is 8.77. The van der Waals surface area contributed by atoms with Crippen molar-refractivity contribution in [1.82, 2.24) is 5.06 Å². The van der Waals surface area contributed by atoms with Gasteiger partial charge in [-0.1, -0.05) is 6.42 Å². The fraction of sp³-hybridized carbons (Fsp3) is 0.750. The van der Waals surface area contributed by atoms with Crippen LogP contribution >= 0.6 is 7.82 Å². The van der Waals surface area contributed by atoms with Crippen LogP contribution in [0, 0.1) is 5.92 Å². The monoisotopic (exact) mass is 265 g/mol. The number of rotatable bonds is 2. The van der Waals surface area contributed by atoms with Crippen molar-refractivity contribution in [3.63, 3.8) is 0 Å². The molecule has 1 saturated carbocycles. The molecule has 1 aliphatic carbocycles. The zero-order valence-corrected chi connectivity index (χ0v) is 9.67. The number of carbonyl (C=O) groups is 2. The van der Waals surface area contributed by atoms with Crippen molar-refractivity contribution in [2.75, 3.05) is 0 Å². The lowest BCUT2D eigenvalue weighted by molar-refractivity contribution is -0.174. The van der Waals surface area contributed by atoms with Gasteiger partial charge in [0.2, 0.25) is 0 Å². The SMILES string of the molecule is O=C1C2CCCCC2(O)C(=O)N1OP(=O)(O)O. The molecular formula is C8H12NO7P. The highest BCUT2D eigenvalue weighted by Crippen LogP contribution is 2.46. The van der Waals surface area contributed by atoms with E-state index in [0.29, 0.717) is 19.3 Å². The van der Waals surface area contributed by atoms with E-state index in [1.54, 1.807) is 0 Å². The number of phosphoric acid groups is 1. The topological polar surface area (TPSA) is 124 Å². The van der Waals surface area contributed by atoms with E-state index in [1.807, 2.05) is 0 Å². The molecule has 0 bridgehead atoms. The maximum Gasteiger partial charge on any atom is 0.491 e. The number of imide groups is 1. The van der Waals surface area contributed by atoms with Crippen molar-refractivity contribution < 1.29 is 33.7 Å². The summed E-state index contributed by atoms with van der Waals surface area (Å²) in [5, 5.41) is 10.1. The molecule has 0 radical (unpaired) electrons. The Balaban J connectivity index is 2.29. The first kappa shape index (κ1) is 12.7. The van der Waals surface area contributed by atoms with Crippen LogP contribution in [0.1, 0.15) is 25.7 Å². The van der Waals surface area contributed by atoms with Crippen molar-refractivity contribution in [2.24, 2.45) is 5.92 Å². The van der Waals surface area contributed by atoms with E-state index in [2.05, 4.69) is 4.62 Å². The summed E-state index contributed by atoms with van der Waals surface area (Å²) in [6, 6.07) is 0. The number of carbonyl (C=O) groups excluding carboxylic acids is 2. The third-order valence-corrected chi connectivity index (χ3v) is 3.49. The van der Waals surface area contributed by atoms with Crippen molar-refractivity contribution in [1.29, 1.82) is 0 Å². The molecule has 1 heterocycles. The molecule has 8 nitrogen and oxygen atoms in total. The van der Waals surface area contributed by atoms with Crippen LogP contribution in [0.3, 0.4) is 0 Å². The van der Waals surface area contributed by atoms with E-state index < -0.39 is 31.2 Å². The third kappa shape index (κ3) is 2.02. The molecule has 2 unspecified atom stereocenters. The Morgan fingerprint density at radius 2 is 2.00 bits per heavy atom. The van der Waals surface area contributed by atoms with E-state index in [1.165, 1.54) is 0 Å². The molecule has 9 heteroatoms. The first-order valence-electron chi connectivity index (χ1n) is 5.12. The number of hydroxylamine groups is 2.